The first-order valence-electron chi connectivity index (χ1n) is 7.66. The topological polar surface area (TPSA) is 64.6 Å². The van der Waals surface area contributed by atoms with Crippen LogP contribution in [0.3, 0.4) is 0 Å². The van der Waals surface area contributed by atoms with Crippen molar-refractivity contribution in [3.05, 3.63) is 29.3 Å². The van der Waals surface area contributed by atoms with E-state index >= 15 is 0 Å². The Morgan fingerprint density at radius 2 is 2.18 bits per heavy atom. The first kappa shape index (κ1) is 16.5. The van der Waals surface area contributed by atoms with E-state index in [1.807, 2.05) is 25.1 Å². The monoisotopic (exact) mass is 305 g/mol. The van der Waals surface area contributed by atoms with Crippen molar-refractivity contribution in [2.45, 2.75) is 45.6 Å². The molecule has 1 atom stereocenters. The van der Waals surface area contributed by atoms with E-state index < -0.39 is 12.1 Å². The van der Waals surface area contributed by atoms with Crippen LogP contribution >= 0.6 is 0 Å². The van der Waals surface area contributed by atoms with Crippen molar-refractivity contribution in [1.29, 1.82) is 0 Å². The van der Waals surface area contributed by atoms with Crippen LogP contribution in [0.2, 0.25) is 0 Å². The second-order valence-electron chi connectivity index (χ2n) is 5.85. The average molecular weight is 305 g/mol. The second kappa shape index (κ2) is 7.40. The molecule has 5 nitrogen and oxygen atoms in total. The van der Waals surface area contributed by atoms with Crippen LogP contribution in [0.4, 0.5) is 5.69 Å². The average Bonchev–Trinajstić information content (AvgIpc) is 3.01. The van der Waals surface area contributed by atoms with Crippen molar-refractivity contribution in [3.8, 4) is 0 Å². The van der Waals surface area contributed by atoms with Crippen molar-refractivity contribution in [2.24, 2.45) is 0 Å². The van der Waals surface area contributed by atoms with Crippen LogP contribution in [0, 0.1) is 6.92 Å². The molecule has 1 aliphatic heterocycles. The van der Waals surface area contributed by atoms with Crippen molar-refractivity contribution < 1.29 is 19.1 Å². The molecule has 0 radical (unpaired) electrons. The number of para-hydroxylation sites is 1. The molecule has 1 heterocycles. The fraction of sp³-hybridized carbons (Fsp3) is 0.529. The van der Waals surface area contributed by atoms with E-state index in [2.05, 4.69) is 19.2 Å². The van der Waals surface area contributed by atoms with Crippen molar-refractivity contribution in [3.63, 3.8) is 0 Å². The molecule has 2 rings (SSSR count). The van der Waals surface area contributed by atoms with E-state index in [1.165, 1.54) is 0 Å². The zero-order chi connectivity index (χ0) is 16.1. The predicted octanol–water partition coefficient (Wildman–Crippen LogP) is 2.78. The highest BCUT2D eigenvalue weighted by atomic mass is 16.6. The molecule has 1 amide bonds. The Labute approximate surface area is 131 Å². The molecule has 1 saturated heterocycles. The molecule has 0 aliphatic carbocycles. The van der Waals surface area contributed by atoms with E-state index in [4.69, 9.17) is 9.47 Å². The lowest BCUT2D eigenvalue weighted by molar-refractivity contribution is -0.156. The summed E-state index contributed by atoms with van der Waals surface area (Å²) in [6.07, 6.45) is 1.00. The molecule has 1 N–H and O–H groups in total. The number of hydrogen-bond acceptors (Lipinski definition) is 4. The number of aryl methyl sites for hydroxylation is 1. The third-order valence-corrected chi connectivity index (χ3v) is 3.73. The van der Waals surface area contributed by atoms with Crippen molar-refractivity contribution in [1.82, 2.24) is 0 Å². The van der Waals surface area contributed by atoms with Gasteiger partial charge in [-0.1, -0.05) is 32.0 Å². The molecular weight excluding hydrogens is 282 g/mol. The molecule has 0 saturated carbocycles. The van der Waals surface area contributed by atoms with Crippen LogP contribution < -0.4 is 5.32 Å². The fourth-order valence-electron chi connectivity index (χ4n) is 2.51. The summed E-state index contributed by atoms with van der Waals surface area (Å²) in [6, 6.07) is 5.91. The van der Waals surface area contributed by atoms with E-state index in [9.17, 15) is 9.59 Å². The molecule has 1 fully saturated rings. The fourth-order valence-corrected chi connectivity index (χ4v) is 2.51. The smallest absolute Gasteiger partial charge is 0.335 e. The van der Waals surface area contributed by atoms with Gasteiger partial charge in [0, 0.05) is 12.3 Å². The highest BCUT2D eigenvalue weighted by molar-refractivity contribution is 5.94. The summed E-state index contributed by atoms with van der Waals surface area (Å²) in [6.45, 7) is 6.38. The number of carbonyl (C=O) groups is 2. The van der Waals surface area contributed by atoms with E-state index in [0.29, 0.717) is 18.9 Å². The Kier molecular flexibility index (Phi) is 5.55. The molecule has 0 unspecified atom stereocenters. The van der Waals surface area contributed by atoms with Gasteiger partial charge in [-0.05, 0) is 36.8 Å². The molecule has 120 valence electrons. The van der Waals surface area contributed by atoms with Gasteiger partial charge in [0.15, 0.2) is 12.7 Å². The quantitative estimate of drug-likeness (QED) is 0.850. The number of amides is 1. The molecule has 0 spiro atoms. The summed E-state index contributed by atoms with van der Waals surface area (Å²) in [7, 11) is 0. The lowest BCUT2D eigenvalue weighted by atomic mass is 9.98. The Balaban J connectivity index is 1.93. The molecule has 1 aromatic carbocycles. The molecule has 1 aliphatic rings. The number of benzene rings is 1. The number of ether oxygens (including phenoxy) is 2. The van der Waals surface area contributed by atoms with Crippen molar-refractivity contribution in [2.75, 3.05) is 18.5 Å². The van der Waals surface area contributed by atoms with Gasteiger partial charge >= 0.3 is 5.97 Å². The summed E-state index contributed by atoms with van der Waals surface area (Å²) in [5.74, 6) is -0.492. The van der Waals surface area contributed by atoms with Gasteiger partial charge in [-0.2, -0.15) is 0 Å². The van der Waals surface area contributed by atoms with Gasteiger partial charge in [0.05, 0.1) is 0 Å². The zero-order valence-electron chi connectivity index (χ0n) is 13.3. The molecule has 0 bridgehead atoms. The summed E-state index contributed by atoms with van der Waals surface area (Å²) in [5, 5.41) is 2.85. The Bertz CT molecular complexity index is 548. The highest BCUT2D eigenvalue weighted by Crippen LogP contribution is 2.27. The molecule has 5 heteroatoms. The van der Waals surface area contributed by atoms with E-state index in [1.54, 1.807) is 0 Å². The summed E-state index contributed by atoms with van der Waals surface area (Å²) >= 11 is 0. The number of anilines is 1. The standard InChI is InChI=1S/C17H23NO4/c1-11(2)13-7-4-6-12(3)16(13)18-15(19)10-22-17(20)14-8-5-9-21-14/h4,6-7,11,14H,5,8-10H2,1-3H3,(H,18,19)/t14-/m0/s1. The number of hydrogen-bond donors (Lipinski definition) is 1. The van der Waals surface area contributed by atoms with Gasteiger partial charge < -0.3 is 14.8 Å². The minimum absolute atomic E-state index is 0.287. The number of nitrogens with one attached hydrogen (secondary N) is 1. The third kappa shape index (κ3) is 4.07. The molecule has 0 aromatic heterocycles. The maximum atomic E-state index is 12.0. The minimum Gasteiger partial charge on any atom is -0.454 e. The van der Waals surface area contributed by atoms with Crippen LogP contribution in [0.15, 0.2) is 18.2 Å². The van der Waals surface area contributed by atoms with Gasteiger partial charge in [0.2, 0.25) is 0 Å². The maximum Gasteiger partial charge on any atom is 0.335 e. The summed E-state index contributed by atoms with van der Waals surface area (Å²) < 4.78 is 10.3. The van der Waals surface area contributed by atoms with Gasteiger partial charge in [-0.3, -0.25) is 4.79 Å². The van der Waals surface area contributed by atoms with Gasteiger partial charge in [-0.15, -0.1) is 0 Å². The number of rotatable bonds is 5. The largest absolute Gasteiger partial charge is 0.454 e. The summed E-state index contributed by atoms with van der Waals surface area (Å²) in [4.78, 5) is 23.7. The lowest BCUT2D eigenvalue weighted by Gasteiger charge is -2.16. The normalized spacial score (nSPS) is 17.5. The number of esters is 1. The first-order valence-corrected chi connectivity index (χ1v) is 7.66. The zero-order valence-corrected chi connectivity index (χ0v) is 13.3. The van der Waals surface area contributed by atoms with Crippen LogP contribution in [0.25, 0.3) is 0 Å². The molecular formula is C17H23NO4. The minimum atomic E-state index is -0.516. The van der Waals surface area contributed by atoms with Gasteiger partial charge in [0.1, 0.15) is 0 Å². The van der Waals surface area contributed by atoms with Crippen LogP contribution in [0.1, 0.15) is 43.7 Å². The summed E-state index contributed by atoms with van der Waals surface area (Å²) in [5.41, 5.74) is 2.86. The van der Waals surface area contributed by atoms with Gasteiger partial charge in [0.25, 0.3) is 5.91 Å². The Hall–Kier alpha value is -1.88. The highest BCUT2D eigenvalue weighted by Gasteiger charge is 2.25. The lowest BCUT2D eigenvalue weighted by Crippen LogP contribution is -2.27. The second-order valence-corrected chi connectivity index (χ2v) is 5.85. The molecule has 1 aromatic rings. The third-order valence-electron chi connectivity index (χ3n) is 3.73. The van der Waals surface area contributed by atoms with Crippen LogP contribution in [0.5, 0.6) is 0 Å². The van der Waals surface area contributed by atoms with Crippen LogP contribution in [-0.2, 0) is 19.1 Å². The predicted molar refractivity (Wildman–Crippen MR) is 83.8 cm³/mol. The van der Waals surface area contributed by atoms with Crippen molar-refractivity contribution >= 4 is 17.6 Å². The SMILES string of the molecule is Cc1cccc(C(C)C)c1NC(=O)COC(=O)[C@@H]1CCCO1. The van der Waals surface area contributed by atoms with Gasteiger partial charge in [-0.25, -0.2) is 4.79 Å². The van der Waals surface area contributed by atoms with Crippen LogP contribution in [-0.4, -0.2) is 31.2 Å². The Morgan fingerprint density at radius 3 is 2.82 bits per heavy atom. The Morgan fingerprint density at radius 1 is 1.41 bits per heavy atom. The van der Waals surface area contributed by atoms with E-state index in [0.717, 1.165) is 23.2 Å². The maximum absolute atomic E-state index is 12.0. The number of carbonyl (C=O) groups excluding carboxylic acids is 2. The first-order chi connectivity index (χ1) is 10.5. The molecule has 22 heavy (non-hydrogen) atoms. The van der Waals surface area contributed by atoms with E-state index in [-0.39, 0.29) is 12.5 Å².